The average molecular weight is 482 g/mol. The number of anilines is 1. The average Bonchev–Trinajstić information content (AvgIpc) is 2.67. The predicted octanol–water partition coefficient (Wildman–Crippen LogP) is 4.37. The largest absolute Gasteiger partial charge is 0.494 e. The number of nitrogens with zero attached hydrogens (tertiary/aromatic N) is 1. The first-order valence-electron chi connectivity index (χ1n) is 9.01. The summed E-state index contributed by atoms with van der Waals surface area (Å²) in [6.45, 7) is 9.66. The van der Waals surface area contributed by atoms with Crippen LogP contribution >= 0.6 is 15.9 Å². The molecule has 0 unspecified atom stereocenters. The van der Waals surface area contributed by atoms with Gasteiger partial charge < -0.3 is 10.5 Å². The summed E-state index contributed by atoms with van der Waals surface area (Å²) in [5.74, 6) is 6.72. The molecule has 0 spiro atoms. The quantitative estimate of drug-likeness (QED) is 0.485. The van der Waals surface area contributed by atoms with Gasteiger partial charge in [-0.1, -0.05) is 48.8 Å². The van der Waals surface area contributed by atoms with Gasteiger partial charge in [-0.2, -0.15) is 0 Å². The number of ether oxygens (including phenoxy) is 1. The smallest absolute Gasteiger partial charge is 0.223 e. The van der Waals surface area contributed by atoms with Crippen molar-refractivity contribution in [3.63, 3.8) is 0 Å². The first-order chi connectivity index (χ1) is 13.3. The molecule has 0 aromatic heterocycles. The minimum Gasteiger partial charge on any atom is -0.494 e. The van der Waals surface area contributed by atoms with Gasteiger partial charge >= 0.3 is 0 Å². The van der Waals surface area contributed by atoms with Crippen LogP contribution in [-0.4, -0.2) is 15.5 Å². The number of allylic oxidation sites excluding steroid dienone is 1. The van der Waals surface area contributed by atoms with Crippen molar-refractivity contribution >= 4 is 31.5 Å². The second-order valence-corrected chi connectivity index (χ2v) is 10.6. The second-order valence-electron chi connectivity index (χ2n) is 7.87. The minimum atomic E-state index is -3.91. The fraction of sp³-hybridized carbons (Fsp3) is 0.333. The Morgan fingerprint density at radius 3 is 2.17 bits per heavy atom. The molecule has 4 N–H and O–H groups in total. The zero-order chi connectivity index (χ0) is 22.1. The maximum atomic E-state index is 13.0. The summed E-state index contributed by atoms with van der Waals surface area (Å²) >= 11 is 3.45. The van der Waals surface area contributed by atoms with Crippen molar-refractivity contribution in [2.24, 2.45) is 11.6 Å². The van der Waals surface area contributed by atoms with Crippen molar-refractivity contribution in [3.05, 3.63) is 62.7 Å². The van der Waals surface area contributed by atoms with Crippen LogP contribution in [-0.2, 0) is 15.3 Å². The lowest BCUT2D eigenvalue weighted by molar-refractivity contribution is 0.414. The van der Waals surface area contributed by atoms with Gasteiger partial charge in [-0.3, -0.25) is 5.01 Å². The van der Waals surface area contributed by atoms with E-state index in [0.29, 0.717) is 11.4 Å². The summed E-state index contributed by atoms with van der Waals surface area (Å²) in [5, 5.41) is 0.917. The zero-order valence-electron chi connectivity index (χ0n) is 17.6. The van der Waals surface area contributed by atoms with Gasteiger partial charge in [0.25, 0.3) is 0 Å². The Balaban J connectivity index is 2.50. The Kier molecular flexibility index (Phi) is 6.71. The lowest BCUT2D eigenvalue weighted by Crippen LogP contribution is -2.33. The Morgan fingerprint density at radius 1 is 1.14 bits per heavy atom. The van der Waals surface area contributed by atoms with Crippen LogP contribution in [0.25, 0.3) is 0 Å². The minimum absolute atomic E-state index is 0.0797. The summed E-state index contributed by atoms with van der Waals surface area (Å²) in [4.78, 5) is 0.120. The summed E-state index contributed by atoms with van der Waals surface area (Å²) in [5.41, 5.74) is 8.65. The standard InChI is InChI=1S/C21H28BrN3O3S/c1-13-11-18(19(28-6)12-17(13)22)25(24)14(2)20(23)29(26,27)16-9-7-15(8-10-16)21(3,4)5/h7-12H,23-24H2,1-6H3/b20-14+. The van der Waals surface area contributed by atoms with Crippen LogP contribution in [0.4, 0.5) is 5.69 Å². The molecule has 0 amide bonds. The highest BCUT2D eigenvalue weighted by Gasteiger charge is 2.25. The molecular weight excluding hydrogens is 454 g/mol. The maximum Gasteiger partial charge on any atom is 0.223 e. The fourth-order valence-electron chi connectivity index (χ4n) is 2.75. The number of aryl methyl sites for hydroxylation is 1. The third kappa shape index (κ3) is 4.76. The van der Waals surface area contributed by atoms with Crippen LogP contribution < -0.4 is 21.3 Å². The molecule has 0 saturated heterocycles. The van der Waals surface area contributed by atoms with Gasteiger partial charge in [0.05, 0.1) is 23.4 Å². The van der Waals surface area contributed by atoms with E-state index in [4.69, 9.17) is 16.3 Å². The fourth-order valence-corrected chi connectivity index (χ4v) is 4.31. The van der Waals surface area contributed by atoms with Crippen molar-refractivity contribution in [1.82, 2.24) is 0 Å². The number of nitrogens with two attached hydrogens (primary N) is 2. The van der Waals surface area contributed by atoms with Crippen LogP contribution in [0.2, 0.25) is 0 Å². The molecule has 0 radical (unpaired) electrons. The molecule has 29 heavy (non-hydrogen) atoms. The van der Waals surface area contributed by atoms with Gasteiger partial charge in [0, 0.05) is 4.47 Å². The van der Waals surface area contributed by atoms with E-state index >= 15 is 0 Å². The number of sulfone groups is 1. The first-order valence-corrected chi connectivity index (χ1v) is 11.3. The number of methoxy groups -OCH3 is 1. The molecule has 0 atom stereocenters. The van der Waals surface area contributed by atoms with Crippen LogP contribution in [0.5, 0.6) is 5.75 Å². The molecule has 0 aliphatic rings. The molecule has 0 saturated carbocycles. The lowest BCUT2D eigenvalue weighted by Gasteiger charge is -2.24. The highest BCUT2D eigenvalue weighted by Crippen LogP contribution is 2.35. The Morgan fingerprint density at radius 2 is 1.69 bits per heavy atom. The van der Waals surface area contributed by atoms with Crippen LogP contribution in [0.1, 0.15) is 38.8 Å². The first kappa shape index (κ1) is 23.3. The Hall–Kier alpha value is -2.03. The van der Waals surface area contributed by atoms with Crippen molar-refractivity contribution in [2.45, 2.75) is 44.9 Å². The van der Waals surface area contributed by atoms with Gasteiger partial charge in [-0.05, 0) is 54.7 Å². The van der Waals surface area contributed by atoms with E-state index < -0.39 is 9.84 Å². The summed E-state index contributed by atoms with van der Waals surface area (Å²) < 4.78 is 32.3. The van der Waals surface area contributed by atoms with Crippen molar-refractivity contribution < 1.29 is 13.2 Å². The molecule has 0 bridgehead atoms. The van der Waals surface area contributed by atoms with E-state index in [0.717, 1.165) is 15.6 Å². The topological polar surface area (TPSA) is 98.7 Å². The second kappa shape index (κ2) is 8.38. The van der Waals surface area contributed by atoms with Crippen LogP contribution in [0.3, 0.4) is 0 Å². The summed E-state index contributed by atoms with van der Waals surface area (Å²) in [6, 6.07) is 10.3. The number of rotatable bonds is 5. The SMILES string of the molecule is COc1cc(Br)c(C)cc1N(N)/C(C)=C(\N)S(=O)(=O)c1ccc(C(C)(C)C)cc1. The monoisotopic (exact) mass is 481 g/mol. The number of hydrogen-bond acceptors (Lipinski definition) is 6. The molecule has 0 fully saturated rings. The normalized spacial score (nSPS) is 13.1. The summed E-state index contributed by atoms with van der Waals surface area (Å²) in [7, 11) is -2.39. The van der Waals surface area contributed by atoms with Crippen molar-refractivity contribution in [2.75, 3.05) is 12.1 Å². The lowest BCUT2D eigenvalue weighted by atomic mass is 9.87. The van der Waals surface area contributed by atoms with Crippen LogP contribution in [0.15, 0.2) is 56.5 Å². The van der Waals surface area contributed by atoms with Gasteiger partial charge in [0.1, 0.15) is 5.75 Å². The van der Waals surface area contributed by atoms with Gasteiger partial charge in [0.15, 0.2) is 5.03 Å². The zero-order valence-corrected chi connectivity index (χ0v) is 20.0. The molecule has 0 heterocycles. The highest BCUT2D eigenvalue weighted by atomic mass is 79.9. The van der Waals surface area contributed by atoms with Gasteiger partial charge in [0.2, 0.25) is 9.84 Å². The van der Waals surface area contributed by atoms with Gasteiger partial charge in [-0.15, -0.1) is 0 Å². The number of benzene rings is 2. The van der Waals surface area contributed by atoms with E-state index in [1.807, 2.05) is 6.92 Å². The molecule has 0 aliphatic carbocycles. The van der Waals surface area contributed by atoms with E-state index in [1.54, 1.807) is 43.3 Å². The Bertz CT molecular complexity index is 1040. The third-order valence-corrected chi connectivity index (χ3v) is 7.38. The third-order valence-electron chi connectivity index (χ3n) is 4.76. The number of hydrazine groups is 1. The molecule has 2 aromatic carbocycles. The van der Waals surface area contributed by atoms with Crippen molar-refractivity contribution in [1.29, 1.82) is 0 Å². The highest BCUT2D eigenvalue weighted by molar-refractivity contribution is 9.10. The van der Waals surface area contributed by atoms with Crippen LogP contribution in [0, 0.1) is 6.92 Å². The number of hydrogen-bond donors (Lipinski definition) is 2. The molecule has 2 rings (SSSR count). The Labute approximate surface area is 181 Å². The predicted molar refractivity (Wildman–Crippen MR) is 121 cm³/mol. The molecule has 2 aromatic rings. The number of halogens is 1. The van der Waals surface area contributed by atoms with Gasteiger partial charge in [-0.25, -0.2) is 14.3 Å². The molecule has 6 nitrogen and oxygen atoms in total. The molecule has 8 heteroatoms. The maximum absolute atomic E-state index is 13.0. The van der Waals surface area contributed by atoms with E-state index in [-0.39, 0.29) is 21.0 Å². The molecule has 0 aliphatic heterocycles. The molecule has 158 valence electrons. The van der Waals surface area contributed by atoms with E-state index in [2.05, 4.69) is 36.7 Å². The van der Waals surface area contributed by atoms with E-state index in [1.165, 1.54) is 12.1 Å². The van der Waals surface area contributed by atoms with Crippen molar-refractivity contribution in [3.8, 4) is 5.75 Å². The molecular formula is C21H28BrN3O3S. The summed E-state index contributed by atoms with van der Waals surface area (Å²) in [6.07, 6.45) is 0. The van der Waals surface area contributed by atoms with E-state index in [9.17, 15) is 8.42 Å².